The lowest BCUT2D eigenvalue weighted by molar-refractivity contribution is 0.205. The van der Waals surface area contributed by atoms with Crippen LogP contribution in [-0.4, -0.2) is 17.1 Å². The van der Waals surface area contributed by atoms with Gasteiger partial charge >= 0.3 is 0 Å². The highest BCUT2D eigenvalue weighted by Crippen LogP contribution is 2.21. The van der Waals surface area contributed by atoms with Crippen molar-refractivity contribution in [3.63, 3.8) is 0 Å². The quantitative estimate of drug-likeness (QED) is 0.849. The molecule has 0 saturated heterocycles. The van der Waals surface area contributed by atoms with Crippen molar-refractivity contribution in [2.75, 3.05) is 6.61 Å². The van der Waals surface area contributed by atoms with E-state index in [2.05, 4.69) is 34.8 Å². The van der Waals surface area contributed by atoms with Crippen molar-refractivity contribution < 1.29 is 4.74 Å². The molecule has 1 aromatic heterocycles. The molecule has 0 aliphatic heterocycles. The number of rotatable bonds is 5. The van der Waals surface area contributed by atoms with Crippen LogP contribution in [0, 0.1) is 12.8 Å². The lowest BCUT2D eigenvalue weighted by Crippen LogP contribution is -2.43. The Hall–Kier alpha value is -0.610. The molecule has 0 saturated carbocycles. The molecule has 1 rings (SSSR count). The smallest absolute Gasteiger partial charge is 0.140 e. The van der Waals surface area contributed by atoms with Gasteiger partial charge in [-0.1, -0.05) is 13.8 Å². The van der Waals surface area contributed by atoms with Crippen LogP contribution in [-0.2, 0) is 0 Å². The maximum Gasteiger partial charge on any atom is 0.140 e. The van der Waals surface area contributed by atoms with Gasteiger partial charge in [0.05, 0.1) is 5.69 Å². The highest BCUT2D eigenvalue weighted by molar-refractivity contribution is 9.10. The summed E-state index contributed by atoms with van der Waals surface area (Å²) >= 11 is 3.33. The van der Waals surface area contributed by atoms with E-state index in [0.29, 0.717) is 12.5 Å². The number of hydrogen-bond donors (Lipinski definition) is 1. The van der Waals surface area contributed by atoms with Crippen LogP contribution in [0.25, 0.3) is 0 Å². The molecule has 0 radical (unpaired) electrons. The fourth-order valence-corrected chi connectivity index (χ4v) is 2.30. The van der Waals surface area contributed by atoms with E-state index in [9.17, 15) is 0 Å². The Morgan fingerprint density at radius 2 is 2.12 bits per heavy atom. The van der Waals surface area contributed by atoms with Crippen molar-refractivity contribution >= 4 is 15.9 Å². The lowest BCUT2D eigenvalue weighted by Gasteiger charge is -2.26. The van der Waals surface area contributed by atoms with Crippen LogP contribution in [0.15, 0.2) is 16.7 Å². The largest absolute Gasteiger partial charge is 0.490 e. The molecule has 0 aromatic carbocycles. The van der Waals surface area contributed by atoms with Crippen molar-refractivity contribution in [3.8, 4) is 5.75 Å². The summed E-state index contributed by atoms with van der Waals surface area (Å²) in [5.41, 5.74) is 6.77. The van der Waals surface area contributed by atoms with E-state index in [1.807, 2.05) is 26.0 Å². The number of hydrogen-bond acceptors (Lipinski definition) is 3. The molecule has 1 unspecified atom stereocenters. The molecule has 0 bridgehead atoms. The van der Waals surface area contributed by atoms with Gasteiger partial charge in [-0.3, -0.25) is 0 Å². The first-order valence-corrected chi connectivity index (χ1v) is 6.64. The molecule has 96 valence electrons. The zero-order chi connectivity index (χ0) is 13.1. The summed E-state index contributed by atoms with van der Waals surface area (Å²) in [6.07, 6.45) is 0.940. The highest BCUT2D eigenvalue weighted by atomic mass is 79.9. The second-order valence-electron chi connectivity index (χ2n) is 5.26. The number of aryl methyl sites for hydroxylation is 1. The van der Waals surface area contributed by atoms with Gasteiger partial charge in [0.1, 0.15) is 17.0 Å². The summed E-state index contributed by atoms with van der Waals surface area (Å²) in [5.74, 6) is 1.37. The second-order valence-corrected chi connectivity index (χ2v) is 6.07. The Balaban J connectivity index is 2.61. The first-order valence-electron chi connectivity index (χ1n) is 5.85. The molecular formula is C13H21BrN2O. The van der Waals surface area contributed by atoms with E-state index in [1.165, 1.54) is 0 Å². The van der Waals surface area contributed by atoms with Crippen molar-refractivity contribution in [2.45, 2.75) is 39.7 Å². The van der Waals surface area contributed by atoms with Gasteiger partial charge in [-0.25, -0.2) is 4.98 Å². The molecular weight excluding hydrogens is 280 g/mol. The predicted octanol–water partition coefficient (Wildman–Crippen LogP) is 3.29. The van der Waals surface area contributed by atoms with Crippen molar-refractivity contribution in [2.24, 2.45) is 11.7 Å². The van der Waals surface area contributed by atoms with Gasteiger partial charge < -0.3 is 10.5 Å². The number of ether oxygens (including phenoxy) is 1. The third-order valence-electron chi connectivity index (χ3n) is 2.44. The molecule has 1 atom stereocenters. The number of pyridine rings is 1. The molecule has 0 spiro atoms. The Kier molecular flexibility index (Phi) is 4.95. The molecule has 1 heterocycles. The molecule has 1 aromatic rings. The number of halogens is 1. The van der Waals surface area contributed by atoms with Gasteiger partial charge in [-0.2, -0.15) is 0 Å². The van der Waals surface area contributed by atoms with Crippen LogP contribution in [0.3, 0.4) is 0 Å². The first-order chi connectivity index (χ1) is 7.80. The average molecular weight is 301 g/mol. The van der Waals surface area contributed by atoms with E-state index in [1.54, 1.807) is 0 Å². The van der Waals surface area contributed by atoms with Crippen LogP contribution < -0.4 is 10.5 Å². The predicted molar refractivity (Wildman–Crippen MR) is 74.2 cm³/mol. The third kappa shape index (κ3) is 5.04. The van der Waals surface area contributed by atoms with Crippen LogP contribution in [0.2, 0.25) is 0 Å². The van der Waals surface area contributed by atoms with E-state index in [-0.39, 0.29) is 5.54 Å². The molecule has 0 aliphatic rings. The van der Waals surface area contributed by atoms with E-state index >= 15 is 0 Å². The van der Waals surface area contributed by atoms with Crippen LogP contribution in [0.1, 0.15) is 32.9 Å². The van der Waals surface area contributed by atoms with Crippen molar-refractivity contribution in [3.05, 3.63) is 22.4 Å². The summed E-state index contributed by atoms with van der Waals surface area (Å²) < 4.78 is 6.57. The van der Waals surface area contributed by atoms with Gasteiger partial charge in [0, 0.05) is 5.54 Å². The van der Waals surface area contributed by atoms with Crippen LogP contribution in [0.5, 0.6) is 5.75 Å². The van der Waals surface area contributed by atoms with Gasteiger partial charge in [-0.15, -0.1) is 0 Å². The molecule has 3 nitrogen and oxygen atoms in total. The monoisotopic (exact) mass is 300 g/mol. The standard InChI is InChI=1S/C13H21BrN2O/c1-9(2)7-13(4,15)8-17-11-5-6-12(14)16-10(11)3/h5-6,9H,7-8,15H2,1-4H3. The molecule has 0 aliphatic carbocycles. The number of nitrogens with zero attached hydrogens (tertiary/aromatic N) is 1. The number of nitrogens with two attached hydrogens (primary N) is 1. The van der Waals surface area contributed by atoms with E-state index in [0.717, 1.165) is 22.5 Å². The molecule has 2 N–H and O–H groups in total. The average Bonchev–Trinajstić information content (AvgIpc) is 2.14. The van der Waals surface area contributed by atoms with Gasteiger partial charge in [0.2, 0.25) is 0 Å². The summed E-state index contributed by atoms with van der Waals surface area (Å²) in [6, 6.07) is 3.79. The minimum Gasteiger partial charge on any atom is -0.490 e. The van der Waals surface area contributed by atoms with Gasteiger partial charge in [0.15, 0.2) is 0 Å². The summed E-state index contributed by atoms with van der Waals surface area (Å²) in [5, 5.41) is 0. The molecule has 0 fully saturated rings. The van der Waals surface area contributed by atoms with E-state index < -0.39 is 0 Å². The molecule has 0 amide bonds. The summed E-state index contributed by atoms with van der Waals surface area (Å²) in [6.45, 7) is 8.79. The highest BCUT2D eigenvalue weighted by Gasteiger charge is 2.21. The molecule has 4 heteroatoms. The zero-order valence-electron chi connectivity index (χ0n) is 11.0. The van der Waals surface area contributed by atoms with Gasteiger partial charge in [-0.05, 0) is 54.2 Å². The van der Waals surface area contributed by atoms with Crippen molar-refractivity contribution in [1.82, 2.24) is 4.98 Å². The SMILES string of the molecule is Cc1nc(Br)ccc1OCC(C)(N)CC(C)C. The van der Waals surface area contributed by atoms with Crippen LogP contribution >= 0.6 is 15.9 Å². The Morgan fingerprint density at radius 1 is 1.47 bits per heavy atom. The summed E-state index contributed by atoms with van der Waals surface area (Å²) in [4.78, 5) is 4.29. The zero-order valence-corrected chi connectivity index (χ0v) is 12.5. The maximum absolute atomic E-state index is 6.19. The second kappa shape index (κ2) is 5.83. The Labute approximate surface area is 112 Å². The maximum atomic E-state index is 6.19. The minimum absolute atomic E-state index is 0.298. The Bertz CT molecular complexity index is 378. The lowest BCUT2D eigenvalue weighted by atomic mass is 9.93. The van der Waals surface area contributed by atoms with Crippen molar-refractivity contribution in [1.29, 1.82) is 0 Å². The fraction of sp³-hybridized carbons (Fsp3) is 0.615. The summed E-state index contributed by atoms with van der Waals surface area (Å²) in [7, 11) is 0. The third-order valence-corrected chi connectivity index (χ3v) is 2.88. The number of aromatic nitrogens is 1. The minimum atomic E-state index is -0.298. The van der Waals surface area contributed by atoms with Crippen LogP contribution in [0.4, 0.5) is 0 Å². The fourth-order valence-electron chi connectivity index (χ4n) is 1.90. The molecule has 17 heavy (non-hydrogen) atoms. The first kappa shape index (κ1) is 14.5. The van der Waals surface area contributed by atoms with Gasteiger partial charge in [0.25, 0.3) is 0 Å². The normalized spacial score (nSPS) is 14.8. The van der Waals surface area contributed by atoms with E-state index in [4.69, 9.17) is 10.5 Å². The topological polar surface area (TPSA) is 48.1 Å². The Morgan fingerprint density at radius 3 is 2.65 bits per heavy atom.